The zero-order valence-corrected chi connectivity index (χ0v) is 13.6. The molecule has 2 saturated heterocycles. The van der Waals surface area contributed by atoms with E-state index in [0.29, 0.717) is 6.04 Å². The van der Waals surface area contributed by atoms with Gasteiger partial charge < -0.3 is 9.64 Å². The summed E-state index contributed by atoms with van der Waals surface area (Å²) in [6.07, 6.45) is 5.36. The lowest BCUT2D eigenvalue weighted by Gasteiger charge is -2.49. The van der Waals surface area contributed by atoms with Gasteiger partial charge in [0.05, 0.1) is 7.11 Å². The van der Waals surface area contributed by atoms with Gasteiger partial charge in [-0.05, 0) is 56.5 Å². The van der Waals surface area contributed by atoms with Crippen LogP contribution in [-0.4, -0.2) is 43.7 Å². The number of piperidine rings is 1. The third-order valence-corrected chi connectivity index (χ3v) is 5.22. The van der Waals surface area contributed by atoms with Crippen molar-refractivity contribution in [1.82, 2.24) is 4.90 Å². The molecule has 0 aliphatic carbocycles. The molecule has 21 heavy (non-hydrogen) atoms. The van der Waals surface area contributed by atoms with Gasteiger partial charge in [-0.25, -0.2) is 0 Å². The van der Waals surface area contributed by atoms with Gasteiger partial charge in [0, 0.05) is 30.9 Å². The number of fused-ring (bicyclic) bond motifs is 1. The van der Waals surface area contributed by atoms with Crippen LogP contribution in [0.5, 0.6) is 5.75 Å². The molecule has 2 unspecified atom stereocenters. The molecule has 2 aliphatic rings. The van der Waals surface area contributed by atoms with Crippen molar-refractivity contribution in [2.45, 2.75) is 51.6 Å². The van der Waals surface area contributed by atoms with E-state index in [1.807, 2.05) is 0 Å². The van der Waals surface area contributed by atoms with Gasteiger partial charge in [-0.1, -0.05) is 13.3 Å². The molecular formula is C18H28N2O. The van der Waals surface area contributed by atoms with E-state index in [4.69, 9.17) is 4.74 Å². The van der Waals surface area contributed by atoms with Crippen molar-refractivity contribution in [1.29, 1.82) is 0 Å². The predicted molar refractivity (Wildman–Crippen MR) is 88.4 cm³/mol. The molecule has 3 rings (SSSR count). The molecule has 0 amide bonds. The predicted octanol–water partition coefficient (Wildman–Crippen LogP) is 3.46. The Morgan fingerprint density at radius 2 is 2.10 bits per heavy atom. The molecule has 0 aromatic heterocycles. The monoisotopic (exact) mass is 288 g/mol. The molecule has 2 atom stereocenters. The summed E-state index contributed by atoms with van der Waals surface area (Å²) in [6, 6.07) is 8.04. The van der Waals surface area contributed by atoms with Crippen molar-refractivity contribution in [3.8, 4) is 5.75 Å². The van der Waals surface area contributed by atoms with Gasteiger partial charge in [0.2, 0.25) is 0 Å². The van der Waals surface area contributed by atoms with Gasteiger partial charge in [-0.3, -0.25) is 4.90 Å². The van der Waals surface area contributed by atoms with E-state index in [1.54, 1.807) is 7.11 Å². The van der Waals surface area contributed by atoms with E-state index in [-0.39, 0.29) is 0 Å². The number of piperazine rings is 1. The fourth-order valence-corrected chi connectivity index (χ4v) is 3.96. The zero-order chi connectivity index (χ0) is 14.8. The number of nitrogens with zero attached hydrogens (tertiary/aromatic N) is 2. The maximum Gasteiger partial charge on any atom is 0.121 e. The van der Waals surface area contributed by atoms with Crippen LogP contribution in [0, 0.1) is 6.92 Å². The average Bonchev–Trinajstić information content (AvgIpc) is 2.53. The number of hydrogen-bond donors (Lipinski definition) is 0. The van der Waals surface area contributed by atoms with E-state index in [0.717, 1.165) is 11.8 Å². The number of methoxy groups -OCH3 is 1. The largest absolute Gasteiger partial charge is 0.496 e. The highest BCUT2D eigenvalue weighted by molar-refractivity contribution is 5.54. The number of aryl methyl sites for hydroxylation is 1. The van der Waals surface area contributed by atoms with Crippen molar-refractivity contribution in [2.24, 2.45) is 0 Å². The first-order valence-corrected chi connectivity index (χ1v) is 8.38. The van der Waals surface area contributed by atoms with Crippen LogP contribution in [0.15, 0.2) is 18.2 Å². The second-order valence-corrected chi connectivity index (χ2v) is 6.51. The number of rotatable bonds is 3. The minimum Gasteiger partial charge on any atom is -0.496 e. The van der Waals surface area contributed by atoms with E-state index >= 15 is 0 Å². The quantitative estimate of drug-likeness (QED) is 0.847. The summed E-state index contributed by atoms with van der Waals surface area (Å²) in [5.41, 5.74) is 2.60. The number of ether oxygens (including phenoxy) is 1. The highest BCUT2D eigenvalue weighted by Crippen LogP contribution is 2.31. The molecule has 0 radical (unpaired) electrons. The summed E-state index contributed by atoms with van der Waals surface area (Å²) in [7, 11) is 1.75. The van der Waals surface area contributed by atoms with Crippen molar-refractivity contribution in [3.63, 3.8) is 0 Å². The van der Waals surface area contributed by atoms with Gasteiger partial charge in [0.1, 0.15) is 5.75 Å². The van der Waals surface area contributed by atoms with Gasteiger partial charge in [0.15, 0.2) is 0 Å². The molecule has 0 N–H and O–H groups in total. The van der Waals surface area contributed by atoms with Crippen LogP contribution in [-0.2, 0) is 0 Å². The number of anilines is 1. The van der Waals surface area contributed by atoms with Crippen LogP contribution in [0.25, 0.3) is 0 Å². The molecule has 0 saturated carbocycles. The SMILES string of the molecule is CCC1CN2CCCCC2CN1c1ccc(OC)c(C)c1. The summed E-state index contributed by atoms with van der Waals surface area (Å²) in [6.45, 7) is 8.17. The molecule has 3 nitrogen and oxygen atoms in total. The second-order valence-electron chi connectivity index (χ2n) is 6.51. The van der Waals surface area contributed by atoms with Gasteiger partial charge >= 0.3 is 0 Å². The molecule has 2 aliphatic heterocycles. The van der Waals surface area contributed by atoms with Crippen LogP contribution in [0.1, 0.15) is 38.2 Å². The Morgan fingerprint density at radius 3 is 2.81 bits per heavy atom. The highest BCUT2D eigenvalue weighted by Gasteiger charge is 2.34. The molecule has 1 aromatic carbocycles. The van der Waals surface area contributed by atoms with Crippen LogP contribution in [0.3, 0.4) is 0 Å². The maximum atomic E-state index is 5.40. The number of hydrogen-bond acceptors (Lipinski definition) is 3. The Morgan fingerprint density at radius 1 is 1.24 bits per heavy atom. The van der Waals surface area contributed by atoms with Crippen molar-refractivity contribution < 1.29 is 4.74 Å². The fourth-order valence-electron chi connectivity index (χ4n) is 3.96. The molecule has 2 heterocycles. The third-order valence-electron chi connectivity index (χ3n) is 5.22. The van der Waals surface area contributed by atoms with Gasteiger partial charge in [0.25, 0.3) is 0 Å². The fraction of sp³-hybridized carbons (Fsp3) is 0.667. The van der Waals surface area contributed by atoms with E-state index in [2.05, 4.69) is 41.8 Å². The summed E-state index contributed by atoms with van der Waals surface area (Å²) in [5.74, 6) is 0.989. The Bertz CT molecular complexity index is 488. The molecule has 3 heteroatoms. The van der Waals surface area contributed by atoms with Gasteiger partial charge in [-0.15, -0.1) is 0 Å². The first kappa shape index (κ1) is 14.7. The lowest BCUT2D eigenvalue weighted by atomic mass is 9.95. The number of benzene rings is 1. The summed E-state index contributed by atoms with van der Waals surface area (Å²) in [4.78, 5) is 5.36. The van der Waals surface area contributed by atoms with Gasteiger partial charge in [-0.2, -0.15) is 0 Å². The molecule has 1 aromatic rings. The van der Waals surface area contributed by atoms with Crippen molar-refractivity contribution in [3.05, 3.63) is 23.8 Å². The Hall–Kier alpha value is -1.22. The third kappa shape index (κ3) is 2.89. The van der Waals surface area contributed by atoms with E-state index < -0.39 is 0 Å². The Balaban J connectivity index is 1.83. The lowest BCUT2D eigenvalue weighted by molar-refractivity contribution is 0.111. The highest BCUT2D eigenvalue weighted by atomic mass is 16.5. The first-order chi connectivity index (χ1) is 10.2. The van der Waals surface area contributed by atoms with Crippen LogP contribution >= 0.6 is 0 Å². The molecule has 0 spiro atoms. The molecule has 116 valence electrons. The normalized spacial score (nSPS) is 26.5. The minimum absolute atomic E-state index is 0.646. The van der Waals surface area contributed by atoms with E-state index in [1.165, 1.54) is 56.6 Å². The average molecular weight is 288 g/mol. The Labute approximate surface area is 128 Å². The first-order valence-electron chi connectivity index (χ1n) is 8.38. The Kier molecular flexibility index (Phi) is 4.39. The smallest absolute Gasteiger partial charge is 0.121 e. The second kappa shape index (κ2) is 6.27. The summed E-state index contributed by atoms with van der Waals surface area (Å²) >= 11 is 0. The maximum absolute atomic E-state index is 5.40. The lowest BCUT2D eigenvalue weighted by Crippen LogP contribution is -2.59. The molecule has 0 bridgehead atoms. The summed E-state index contributed by atoms with van der Waals surface area (Å²) in [5, 5.41) is 0. The minimum atomic E-state index is 0.646. The topological polar surface area (TPSA) is 15.7 Å². The van der Waals surface area contributed by atoms with Crippen molar-refractivity contribution in [2.75, 3.05) is 31.6 Å². The standard InChI is InChI=1S/C18H28N2O/c1-4-15-12-19-10-6-5-7-17(19)13-20(15)16-8-9-18(21-3)14(2)11-16/h8-9,11,15,17H,4-7,10,12-13H2,1-3H3. The molecule has 2 fully saturated rings. The molecular weight excluding hydrogens is 260 g/mol. The zero-order valence-electron chi connectivity index (χ0n) is 13.6. The van der Waals surface area contributed by atoms with Crippen LogP contribution in [0.4, 0.5) is 5.69 Å². The summed E-state index contributed by atoms with van der Waals surface area (Å²) < 4.78 is 5.40. The van der Waals surface area contributed by atoms with Crippen LogP contribution in [0.2, 0.25) is 0 Å². The van der Waals surface area contributed by atoms with E-state index in [9.17, 15) is 0 Å². The van der Waals surface area contributed by atoms with Crippen molar-refractivity contribution >= 4 is 5.69 Å². The van der Waals surface area contributed by atoms with Crippen LogP contribution < -0.4 is 9.64 Å².